The molecule has 3 nitrogen and oxygen atoms in total. The van der Waals surface area contributed by atoms with Gasteiger partial charge in [-0.3, -0.25) is 4.90 Å². The molecule has 1 aromatic carbocycles. The lowest BCUT2D eigenvalue weighted by Crippen LogP contribution is -2.45. The van der Waals surface area contributed by atoms with Crippen molar-refractivity contribution in [2.45, 2.75) is 18.9 Å². The predicted octanol–water partition coefficient (Wildman–Crippen LogP) is 3.80. The van der Waals surface area contributed by atoms with Crippen LogP contribution in [0.2, 0.25) is 5.15 Å². The van der Waals surface area contributed by atoms with E-state index >= 15 is 0 Å². The number of para-hydroxylation sites is 1. The summed E-state index contributed by atoms with van der Waals surface area (Å²) in [4.78, 5) is 7.11. The average Bonchev–Trinajstić information content (AvgIpc) is 2.56. The van der Waals surface area contributed by atoms with Crippen LogP contribution in [0.15, 0.2) is 43.0 Å². The number of rotatable bonds is 5. The Balaban J connectivity index is 1.98. The van der Waals surface area contributed by atoms with Gasteiger partial charge in [0.1, 0.15) is 5.15 Å². The van der Waals surface area contributed by atoms with Crippen LogP contribution in [-0.4, -0.2) is 36.1 Å². The van der Waals surface area contributed by atoms with Crippen molar-refractivity contribution in [1.82, 2.24) is 15.2 Å². The van der Waals surface area contributed by atoms with Gasteiger partial charge in [0.2, 0.25) is 0 Å². The van der Waals surface area contributed by atoms with Crippen molar-refractivity contribution in [3.8, 4) is 0 Å². The minimum atomic E-state index is 0.310. The van der Waals surface area contributed by atoms with Crippen LogP contribution in [0.3, 0.4) is 0 Å². The van der Waals surface area contributed by atoms with Crippen molar-refractivity contribution in [2.75, 3.05) is 26.2 Å². The topological polar surface area (TPSA) is 28.2 Å². The second-order valence-corrected chi connectivity index (χ2v) is 6.09. The number of pyridine rings is 1. The maximum atomic E-state index is 6.52. The van der Waals surface area contributed by atoms with Crippen molar-refractivity contribution >= 4 is 22.5 Å². The van der Waals surface area contributed by atoms with Crippen molar-refractivity contribution < 1.29 is 0 Å². The zero-order valence-corrected chi connectivity index (χ0v) is 13.5. The molecule has 4 heteroatoms. The maximum absolute atomic E-state index is 6.52. The number of allylic oxidation sites excluding steroid dienone is 1. The molecule has 1 aliphatic rings. The number of aromatic nitrogens is 1. The zero-order chi connectivity index (χ0) is 15.4. The largest absolute Gasteiger partial charge is 0.314 e. The number of piperazine rings is 1. The molecule has 0 aliphatic carbocycles. The molecule has 1 saturated heterocycles. The van der Waals surface area contributed by atoms with Crippen LogP contribution < -0.4 is 5.32 Å². The molecule has 1 aliphatic heterocycles. The number of hydrogen-bond donors (Lipinski definition) is 1. The molecule has 3 rings (SSSR count). The lowest BCUT2D eigenvalue weighted by molar-refractivity contribution is 0.166. The van der Waals surface area contributed by atoms with Gasteiger partial charge in [-0.05, 0) is 25.0 Å². The summed E-state index contributed by atoms with van der Waals surface area (Å²) in [6.45, 7) is 8.02. The summed E-state index contributed by atoms with van der Waals surface area (Å²) in [6.07, 6.45) is 4.00. The molecule has 1 fully saturated rings. The Bertz CT molecular complexity index is 650. The first-order valence-electron chi connectivity index (χ1n) is 7.90. The van der Waals surface area contributed by atoms with Gasteiger partial charge in [-0.1, -0.05) is 35.9 Å². The molecule has 2 heterocycles. The lowest BCUT2D eigenvalue weighted by Gasteiger charge is -2.35. The number of fused-ring (bicyclic) bond motifs is 1. The molecule has 1 aromatic heterocycles. The van der Waals surface area contributed by atoms with Crippen molar-refractivity contribution in [1.29, 1.82) is 0 Å². The lowest BCUT2D eigenvalue weighted by atomic mass is 9.99. The summed E-state index contributed by atoms with van der Waals surface area (Å²) in [5.41, 5.74) is 2.10. The monoisotopic (exact) mass is 315 g/mol. The SMILES string of the molecule is C=CCC[C@@H](c1cc2ccccc2nc1Cl)N1CCNCC1. The molecule has 116 valence electrons. The first-order valence-corrected chi connectivity index (χ1v) is 8.28. The third kappa shape index (κ3) is 3.32. The van der Waals surface area contributed by atoms with E-state index in [1.165, 1.54) is 0 Å². The molecule has 0 bridgehead atoms. The quantitative estimate of drug-likeness (QED) is 0.672. The van der Waals surface area contributed by atoms with Crippen LogP contribution in [0.25, 0.3) is 10.9 Å². The molecule has 1 N–H and O–H groups in total. The molecule has 0 unspecified atom stereocenters. The third-order valence-corrected chi connectivity index (χ3v) is 4.60. The second kappa shape index (κ2) is 7.23. The molecule has 22 heavy (non-hydrogen) atoms. The maximum Gasteiger partial charge on any atom is 0.134 e. The fourth-order valence-electron chi connectivity index (χ4n) is 3.15. The first-order chi connectivity index (χ1) is 10.8. The Labute approximate surface area is 137 Å². The number of nitrogens with one attached hydrogen (secondary N) is 1. The van der Waals surface area contributed by atoms with E-state index in [1.807, 2.05) is 24.3 Å². The predicted molar refractivity (Wildman–Crippen MR) is 93.4 cm³/mol. The van der Waals surface area contributed by atoms with E-state index in [4.69, 9.17) is 11.6 Å². The van der Waals surface area contributed by atoms with Gasteiger partial charge in [-0.15, -0.1) is 6.58 Å². The number of nitrogens with zero attached hydrogens (tertiary/aromatic N) is 2. The molecular formula is C18H22ClN3. The van der Waals surface area contributed by atoms with E-state index < -0.39 is 0 Å². The van der Waals surface area contributed by atoms with Gasteiger partial charge in [-0.2, -0.15) is 0 Å². The van der Waals surface area contributed by atoms with E-state index in [9.17, 15) is 0 Å². The minimum absolute atomic E-state index is 0.310. The second-order valence-electron chi connectivity index (χ2n) is 5.73. The van der Waals surface area contributed by atoms with E-state index in [-0.39, 0.29) is 0 Å². The Morgan fingerprint density at radius 3 is 2.86 bits per heavy atom. The summed E-state index contributed by atoms with van der Waals surface area (Å²) >= 11 is 6.52. The van der Waals surface area contributed by atoms with E-state index in [0.717, 1.165) is 55.5 Å². The Morgan fingerprint density at radius 1 is 1.32 bits per heavy atom. The van der Waals surface area contributed by atoms with Crippen LogP contribution in [0.5, 0.6) is 0 Å². The molecular weight excluding hydrogens is 294 g/mol. The van der Waals surface area contributed by atoms with Crippen LogP contribution in [0, 0.1) is 0 Å². The van der Waals surface area contributed by atoms with Crippen molar-refractivity contribution in [2.24, 2.45) is 0 Å². The third-order valence-electron chi connectivity index (χ3n) is 4.30. The Hall–Kier alpha value is -1.42. The van der Waals surface area contributed by atoms with Gasteiger partial charge >= 0.3 is 0 Å². The van der Waals surface area contributed by atoms with E-state index in [1.54, 1.807) is 0 Å². The van der Waals surface area contributed by atoms with Crippen molar-refractivity contribution in [3.05, 3.63) is 53.7 Å². The molecule has 0 saturated carbocycles. The highest BCUT2D eigenvalue weighted by atomic mass is 35.5. The van der Waals surface area contributed by atoms with Crippen LogP contribution in [0.4, 0.5) is 0 Å². The molecule has 0 spiro atoms. The van der Waals surface area contributed by atoms with Gasteiger partial charge in [0.05, 0.1) is 5.52 Å². The normalized spacial score (nSPS) is 17.5. The fourth-order valence-corrected chi connectivity index (χ4v) is 3.42. The number of benzene rings is 1. The summed E-state index contributed by atoms with van der Waals surface area (Å²) in [7, 11) is 0. The van der Waals surface area contributed by atoms with Gasteiger partial charge in [0.25, 0.3) is 0 Å². The summed E-state index contributed by atoms with van der Waals surface area (Å²) in [5, 5.41) is 5.20. The summed E-state index contributed by atoms with van der Waals surface area (Å²) < 4.78 is 0. The minimum Gasteiger partial charge on any atom is -0.314 e. The highest BCUT2D eigenvalue weighted by Crippen LogP contribution is 2.32. The fraction of sp³-hybridized carbons (Fsp3) is 0.389. The molecule has 1 atom stereocenters. The summed E-state index contributed by atoms with van der Waals surface area (Å²) in [6, 6.07) is 10.7. The molecule has 0 radical (unpaired) electrons. The van der Waals surface area contributed by atoms with Gasteiger partial charge in [0, 0.05) is 43.2 Å². The zero-order valence-electron chi connectivity index (χ0n) is 12.8. The van der Waals surface area contributed by atoms with Gasteiger partial charge in [-0.25, -0.2) is 4.98 Å². The number of hydrogen-bond acceptors (Lipinski definition) is 3. The van der Waals surface area contributed by atoms with Crippen LogP contribution in [0.1, 0.15) is 24.4 Å². The smallest absolute Gasteiger partial charge is 0.134 e. The Kier molecular flexibility index (Phi) is 5.08. The standard InChI is InChI=1S/C18H22ClN3/c1-2-3-8-17(22-11-9-20-10-12-22)15-13-14-6-4-5-7-16(14)21-18(15)19/h2,4-7,13,17,20H,1,3,8-12H2/t17-/m0/s1. The van der Waals surface area contributed by atoms with Crippen molar-refractivity contribution in [3.63, 3.8) is 0 Å². The van der Waals surface area contributed by atoms with E-state index in [2.05, 4.69) is 33.9 Å². The molecule has 2 aromatic rings. The Morgan fingerprint density at radius 2 is 2.09 bits per heavy atom. The van der Waals surface area contributed by atoms with Crippen LogP contribution in [-0.2, 0) is 0 Å². The van der Waals surface area contributed by atoms with Gasteiger partial charge < -0.3 is 5.32 Å². The molecule has 0 amide bonds. The summed E-state index contributed by atoms with van der Waals surface area (Å²) in [5.74, 6) is 0. The first kappa shape index (κ1) is 15.5. The highest BCUT2D eigenvalue weighted by molar-refractivity contribution is 6.30. The van der Waals surface area contributed by atoms with E-state index in [0.29, 0.717) is 11.2 Å². The number of halogens is 1. The highest BCUT2D eigenvalue weighted by Gasteiger charge is 2.24. The average molecular weight is 316 g/mol. The van der Waals surface area contributed by atoms with Gasteiger partial charge in [0.15, 0.2) is 0 Å². The van der Waals surface area contributed by atoms with Crippen LogP contribution >= 0.6 is 11.6 Å².